The summed E-state index contributed by atoms with van der Waals surface area (Å²) in [7, 11) is -2.24. The van der Waals surface area contributed by atoms with Crippen LogP contribution in [0.4, 0.5) is 5.69 Å². The zero-order valence-corrected chi connectivity index (χ0v) is 16.9. The number of rotatable bonds is 7. The minimum absolute atomic E-state index is 0.0131. The maximum Gasteiger partial charge on any atom is 0.260 e. The predicted molar refractivity (Wildman–Crippen MR) is 109 cm³/mol. The van der Waals surface area contributed by atoms with Gasteiger partial charge in [0.1, 0.15) is 6.54 Å². The molecule has 2 aromatic carbocycles. The van der Waals surface area contributed by atoms with Crippen molar-refractivity contribution in [1.82, 2.24) is 5.43 Å². The molecule has 0 radical (unpaired) electrons. The van der Waals surface area contributed by atoms with E-state index < -0.39 is 22.5 Å². The molecule has 0 atom stereocenters. The first-order valence-corrected chi connectivity index (χ1v) is 10.2. The first-order valence-electron chi connectivity index (χ1n) is 8.35. The Bertz CT molecular complexity index is 1000. The topological polar surface area (TPSA) is 108 Å². The number of aromatic hydroxyl groups is 1. The number of benzene rings is 2. The number of sulfonamides is 1. The number of carbonyl (C=O) groups excluding carboxylic acids is 1. The van der Waals surface area contributed by atoms with Gasteiger partial charge in [0.05, 0.1) is 25.3 Å². The summed E-state index contributed by atoms with van der Waals surface area (Å²) < 4.78 is 30.3. The molecule has 0 aliphatic rings. The van der Waals surface area contributed by atoms with Crippen LogP contribution in [0, 0.1) is 13.8 Å². The second-order valence-corrected chi connectivity index (χ2v) is 8.17. The molecule has 0 aliphatic carbocycles. The third-order valence-corrected chi connectivity index (χ3v) is 5.21. The van der Waals surface area contributed by atoms with Crippen LogP contribution in [-0.2, 0) is 14.8 Å². The number of anilines is 1. The lowest BCUT2D eigenvalue weighted by Crippen LogP contribution is -2.39. The van der Waals surface area contributed by atoms with E-state index in [0.29, 0.717) is 11.3 Å². The summed E-state index contributed by atoms with van der Waals surface area (Å²) in [6.07, 6.45) is 2.40. The number of hydrogen-bond donors (Lipinski definition) is 2. The van der Waals surface area contributed by atoms with Crippen molar-refractivity contribution in [1.29, 1.82) is 0 Å². The molecule has 1 amide bonds. The van der Waals surface area contributed by atoms with Crippen molar-refractivity contribution >= 4 is 27.8 Å². The van der Waals surface area contributed by atoms with E-state index in [0.717, 1.165) is 21.7 Å². The normalized spacial score (nSPS) is 11.4. The molecule has 2 N–H and O–H groups in total. The van der Waals surface area contributed by atoms with Crippen LogP contribution >= 0.6 is 0 Å². The molecule has 0 saturated heterocycles. The highest BCUT2D eigenvalue weighted by Crippen LogP contribution is 2.25. The van der Waals surface area contributed by atoms with Gasteiger partial charge in [0.15, 0.2) is 11.5 Å². The largest absolute Gasteiger partial charge is 0.504 e. The minimum atomic E-state index is -3.66. The molecule has 0 spiro atoms. The number of nitrogens with one attached hydrogen (secondary N) is 1. The third-order valence-electron chi connectivity index (χ3n) is 4.07. The number of hydrazone groups is 1. The molecule has 2 aromatic rings. The number of phenols is 1. The standard InChI is InChI=1S/C19H23N3O5S/c1-13-5-7-16(9-14(13)2)22(28(4,25)26)12-19(24)21-20-11-15-6-8-17(23)18(10-15)27-3/h5-11,23H,12H2,1-4H3,(H,21,24)/b20-11-. The molecule has 0 heterocycles. The summed E-state index contributed by atoms with van der Waals surface area (Å²) in [6.45, 7) is 3.39. The first kappa shape index (κ1) is 21.2. The highest BCUT2D eigenvalue weighted by molar-refractivity contribution is 7.92. The Hall–Kier alpha value is -3.07. The molecule has 0 saturated carbocycles. The molecule has 8 nitrogen and oxygen atoms in total. The van der Waals surface area contributed by atoms with Gasteiger partial charge in [-0.2, -0.15) is 5.10 Å². The molecule has 0 fully saturated rings. The van der Waals surface area contributed by atoms with Crippen LogP contribution in [0.25, 0.3) is 0 Å². The molecule has 2 rings (SSSR count). The van der Waals surface area contributed by atoms with Gasteiger partial charge in [-0.3, -0.25) is 9.10 Å². The van der Waals surface area contributed by atoms with E-state index in [-0.39, 0.29) is 11.5 Å². The van der Waals surface area contributed by atoms with Gasteiger partial charge in [-0.05, 0) is 60.9 Å². The highest BCUT2D eigenvalue weighted by atomic mass is 32.2. The van der Waals surface area contributed by atoms with Crippen LogP contribution in [0.3, 0.4) is 0 Å². The maximum absolute atomic E-state index is 12.2. The highest BCUT2D eigenvalue weighted by Gasteiger charge is 2.21. The van der Waals surface area contributed by atoms with Crippen LogP contribution < -0.4 is 14.5 Å². The molecule has 150 valence electrons. The fourth-order valence-corrected chi connectivity index (χ4v) is 3.25. The van der Waals surface area contributed by atoms with Gasteiger partial charge in [0, 0.05) is 0 Å². The number of carbonyl (C=O) groups is 1. The molecule has 28 heavy (non-hydrogen) atoms. The Kier molecular flexibility index (Phi) is 6.63. The Morgan fingerprint density at radius 1 is 1.21 bits per heavy atom. The molecular formula is C19H23N3O5S. The monoisotopic (exact) mass is 405 g/mol. The van der Waals surface area contributed by atoms with Gasteiger partial charge in [-0.25, -0.2) is 13.8 Å². The van der Waals surface area contributed by atoms with E-state index in [2.05, 4.69) is 10.5 Å². The molecular weight excluding hydrogens is 382 g/mol. The third kappa shape index (κ3) is 5.46. The van der Waals surface area contributed by atoms with Crippen molar-refractivity contribution in [2.75, 3.05) is 24.2 Å². The number of ether oxygens (including phenoxy) is 1. The van der Waals surface area contributed by atoms with Crippen LogP contribution in [0.5, 0.6) is 11.5 Å². The second kappa shape index (κ2) is 8.75. The number of nitrogens with zero attached hydrogens (tertiary/aromatic N) is 2. The van der Waals surface area contributed by atoms with Crippen LogP contribution in [0.2, 0.25) is 0 Å². The summed E-state index contributed by atoms with van der Waals surface area (Å²) in [5.74, 6) is -0.334. The lowest BCUT2D eigenvalue weighted by atomic mass is 10.1. The minimum Gasteiger partial charge on any atom is -0.504 e. The van der Waals surface area contributed by atoms with E-state index >= 15 is 0 Å². The van der Waals surface area contributed by atoms with Crippen molar-refractivity contribution in [2.45, 2.75) is 13.8 Å². The van der Waals surface area contributed by atoms with E-state index in [1.807, 2.05) is 13.8 Å². The average Bonchev–Trinajstić information content (AvgIpc) is 2.62. The van der Waals surface area contributed by atoms with Crippen LogP contribution in [0.1, 0.15) is 16.7 Å². The van der Waals surface area contributed by atoms with Gasteiger partial charge in [0.2, 0.25) is 10.0 Å². The van der Waals surface area contributed by atoms with Crippen molar-refractivity contribution in [3.63, 3.8) is 0 Å². The quantitative estimate of drug-likeness (QED) is 0.541. The van der Waals surface area contributed by atoms with Crippen molar-refractivity contribution in [3.8, 4) is 11.5 Å². The molecule has 0 aliphatic heterocycles. The molecule has 0 bridgehead atoms. The average molecular weight is 405 g/mol. The summed E-state index contributed by atoms with van der Waals surface area (Å²) >= 11 is 0. The zero-order valence-electron chi connectivity index (χ0n) is 16.1. The van der Waals surface area contributed by atoms with Gasteiger partial charge < -0.3 is 9.84 Å². The SMILES string of the molecule is COc1cc(/C=N\NC(=O)CN(c2ccc(C)c(C)c2)S(C)(=O)=O)ccc1O. The van der Waals surface area contributed by atoms with Gasteiger partial charge in [-0.1, -0.05) is 6.07 Å². The van der Waals surface area contributed by atoms with E-state index in [9.17, 15) is 18.3 Å². The Morgan fingerprint density at radius 3 is 2.54 bits per heavy atom. The molecule has 0 aromatic heterocycles. The van der Waals surface area contributed by atoms with Gasteiger partial charge >= 0.3 is 0 Å². The number of hydrogen-bond acceptors (Lipinski definition) is 6. The fourth-order valence-electron chi connectivity index (χ4n) is 2.40. The lowest BCUT2D eigenvalue weighted by molar-refractivity contribution is -0.119. The first-order chi connectivity index (χ1) is 13.1. The second-order valence-electron chi connectivity index (χ2n) is 6.26. The predicted octanol–water partition coefficient (Wildman–Crippen LogP) is 1.93. The molecule has 9 heteroatoms. The summed E-state index contributed by atoms with van der Waals surface area (Å²) in [5.41, 5.74) is 5.25. The van der Waals surface area contributed by atoms with Gasteiger partial charge in [-0.15, -0.1) is 0 Å². The fraction of sp³-hybridized carbons (Fsp3) is 0.263. The number of amides is 1. The molecule has 0 unspecified atom stereocenters. The summed E-state index contributed by atoms with van der Waals surface area (Å²) in [5, 5.41) is 13.4. The number of methoxy groups -OCH3 is 1. The summed E-state index contributed by atoms with van der Waals surface area (Å²) in [6, 6.07) is 9.75. The van der Waals surface area contributed by atoms with Crippen LogP contribution in [-0.4, -0.2) is 45.6 Å². The van der Waals surface area contributed by atoms with Gasteiger partial charge in [0.25, 0.3) is 5.91 Å². The van der Waals surface area contributed by atoms with Crippen LogP contribution in [0.15, 0.2) is 41.5 Å². The maximum atomic E-state index is 12.2. The zero-order chi connectivity index (χ0) is 20.9. The van der Waals surface area contributed by atoms with Crippen molar-refractivity contribution in [2.24, 2.45) is 5.10 Å². The summed E-state index contributed by atoms with van der Waals surface area (Å²) in [4.78, 5) is 12.2. The Balaban J connectivity index is 2.11. The van der Waals surface area contributed by atoms with E-state index in [4.69, 9.17) is 4.74 Å². The number of phenolic OH excluding ortho intramolecular Hbond substituents is 1. The lowest BCUT2D eigenvalue weighted by Gasteiger charge is -2.22. The Labute approximate surface area is 164 Å². The van der Waals surface area contributed by atoms with E-state index in [1.54, 1.807) is 30.3 Å². The van der Waals surface area contributed by atoms with Crippen molar-refractivity contribution in [3.05, 3.63) is 53.1 Å². The Morgan fingerprint density at radius 2 is 1.93 bits per heavy atom. The van der Waals surface area contributed by atoms with Crippen molar-refractivity contribution < 1.29 is 23.1 Å². The van der Waals surface area contributed by atoms with E-state index in [1.165, 1.54) is 19.4 Å². The smallest absolute Gasteiger partial charge is 0.260 e. The number of aryl methyl sites for hydroxylation is 2.